The van der Waals surface area contributed by atoms with Gasteiger partial charge < -0.3 is 9.47 Å². The Kier molecular flexibility index (Phi) is 4.68. The van der Waals surface area contributed by atoms with Crippen molar-refractivity contribution in [1.29, 1.82) is 0 Å². The van der Waals surface area contributed by atoms with Crippen molar-refractivity contribution < 1.29 is 9.47 Å². The Morgan fingerprint density at radius 1 is 1.07 bits per heavy atom. The third-order valence-corrected chi connectivity index (χ3v) is 6.58. The average Bonchev–Trinajstić information content (AvgIpc) is 3.19. The predicted octanol–water partition coefficient (Wildman–Crippen LogP) is 5.64. The zero-order valence-corrected chi connectivity index (χ0v) is 17.8. The first-order valence-electron chi connectivity index (χ1n) is 9.68. The van der Waals surface area contributed by atoms with Gasteiger partial charge in [0.1, 0.15) is 0 Å². The van der Waals surface area contributed by atoms with Crippen molar-refractivity contribution in [2.45, 2.75) is 69.8 Å². The predicted molar refractivity (Wildman–Crippen MR) is 112 cm³/mol. The number of rotatable bonds is 5. The summed E-state index contributed by atoms with van der Waals surface area (Å²) < 4.78 is 11.7. The lowest BCUT2D eigenvalue weighted by Gasteiger charge is -2.35. The van der Waals surface area contributed by atoms with E-state index in [-0.39, 0.29) is 5.54 Å². The standard InChI is InChI=1S/C23H29NO2S/c1-22(2,24-14-17-7-6-8-21(27-5)18(17)15-24)12-11-16-9-10-19-20(13-16)26-23(3,4)25-19/h6-10,13H,11-12,14-15H2,1-5H3. The molecule has 0 spiro atoms. The van der Waals surface area contributed by atoms with E-state index in [1.54, 1.807) is 0 Å². The van der Waals surface area contributed by atoms with Gasteiger partial charge in [-0.1, -0.05) is 18.2 Å². The third-order valence-electron chi connectivity index (χ3n) is 5.76. The highest BCUT2D eigenvalue weighted by atomic mass is 32.2. The second-order valence-corrected chi connectivity index (χ2v) is 9.50. The molecule has 2 heterocycles. The first-order chi connectivity index (χ1) is 12.8. The van der Waals surface area contributed by atoms with Crippen LogP contribution in [-0.4, -0.2) is 22.5 Å². The van der Waals surface area contributed by atoms with Gasteiger partial charge >= 0.3 is 0 Å². The van der Waals surface area contributed by atoms with E-state index < -0.39 is 5.79 Å². The van der Waals surface area contributed by atoms with Crippen molar-refractivity contribution >= 4 is 11.8 Å². The highest BCUT2D eigenvalue weighted by Gasteiger charge is 2.34. The lowest BCUT2D eigenvalue weighted by atomic mass is 9.93. The summed E-state index contributed by atoms with van der Waals surface area (Å²) in [6, 6.07) is 13.1. The number of hydrogen-bond acceptors (Lipinski definition) is 4. The van der Waals surface area contributed by atoms with Crippen molar-refractivity contribution in [3.8, 4) is 11.5 Å². The van der Waals surface area contributed by atoms with E-state index in [1.807, 2.05) is 31.7 Å². The van der Waals surface area contributed by atoms with Crippen LogP contribution in [0.1, 0.15) is 50.8 Å². The Morgan fingerprint density at radius 2 is 1.85 bits per heavy atom. The summed E-state index contributed by atoms with van der Waals surface area (Å²) in [7, 11) is 0. The smallest absolute Gasteiger partial charge is 0.246 e. The fourth-order valence-electron chi connectivity index (χ4n) is 4.04. The van der Waals surface area contributed by atoms with Gasteiger partial charge in [-0.3, -0.25) is 4.90 Å². The molecule has 4 heteroatoms. The van der Waals surface area contributed by atoms with E-state index in [2.05, 4.69) is 55.3 Å². The Labute approximate surface area is 167 Å². The van der Waals surface area contributed by atoms with Crippen LogP contribution in [0.2, 0.25) is 0 Å². The number of hydrogen-bond donors (Lipinski definition) is 0. The van der Waals surface area contributed by atoms with Gasteiger partial charge in [-0.2, -0.15) is 0 Å². The molecule has 144 valence electrons. The number of fused-ring (bicyclic) bond motifs is 2. The van der Waals surface area contributed by atoms with Crippen LogP contribution >= 0.6 is 11.8 Å². The molecule has 0 saturated heterocycles. The van der Waals surface area contributed by atoms with Gasteiger partial charge in [0.05, 0.1) is 0 Å². The van der Waals surface area contributed by atoms with Crippen molar-refractivity contribution in [1.82, 2.24) is 4.90 Å². The molecule has 0 unspecified atom stereocenters. The molecule has 27 heavy (non-hydrogen) atoms. The van der Waals surface area contributed by atoms with Gasteiger partial charge in [0.25, 0.3) is 0 Å². The van der Waals surface area contributed by atoms with Gasteiger partial charge in [-0.05, 0) is 67.8 Å². The maximum absolute atomic E-state index is 5.90. The van der Waals surface area contributed by atoms with Gasteiger partial charge in [0.2, 0.25) is 5.79 Å². The minimum Gasteiger partial charge on any atom is -0.449 e. The SMILES string of the molecule is CSc1cccc2c1CN(C(C)(C)CCc1ccc3c(c1)OC(C)(C)O3)C2. The summed E-state index contributed by atoms with van der Waals surface area (Å²) in [5, 5.41) is 0. The fourth-order valence-corrected chi connectivity index (χ4v) is 4.70. The van der Waals surface area contributed by atoms with Crippen LogP contribution in [-0.2, 0) is 19.5 Å². The molecule has 3 nitrogen and oxygen atoms in total. The van der Waals surface area contributed by atoms with Crippen molar-refractivity contribution in [3.63, 3.8) is 0 Å². The molecule has 0 amide bonds. The van der Waals surface area contributed by atoms with Gasteiger partial charge in [-0.15, -0.1) is 11.8 Å². The number of thioether (sulfide) groups is 1. The van der Waals surface area contributed by atoms with Crippen LogP contribution in [0.15, 0.2) is 41.3 Å². The Balaban J connectivity index is 1.43. The first-order valence-corrected chi connectivity index (χ1v) is 10.9. The Morgan fingerprint density at radius 3 is 2.63 bits per heavy atom. The topological polar surface area (TPSA) is 21.7 Å². The summed E-state index contributed by atoms with van der Waals surface area (Å²) >= 11 is 1.86. The first kappa shape index (κ1) is 18.7. The second kappa shape index (κ2) is 6.75. The van der Waals surface area contributed by atoms with Crippen LogP contribution in [0.25, 0.3) is 0 Å². The monoisotopic (exact) mass is 383 g/mol. The van der Waals surface area contributed by atoms with Gasteiger partial charge in [0, 0.05) is 37.4 Å². The molecule has 2 aliphatic heterocycles. The molecule has 0 aromatic heterocycles. The van der Waals surface area contributed by atoms with Crippen molar-refractivity contribution in [2.75, 3.05) is 6.26 Å². The number of aryl methyl sites for hydroxylation is 1. The molecule has 0 N–H and O–H groups in total. The minimum atomic E-state index is -0.559. The zero-order chi connectivity index (χ0) is 19.2. The van der Waals surface area contributed by atoms with E-state index >= 15 is 0 Å². The van der Waals surface area contributed by atoms with Gasteiger partial charge in [0.15, 0.2) is 11.5 Å². The molecule has 0 fully saturated rings. The number of ether oxygens (including phenoxy) is 2. The zero-order valence-electron chi connectivity index (χ0n) is 17.0. The molecule has 2 aliphatic rings. The minimum absolute atomic E-state index is 0.143. The fraction of sp³-hybridized carbons (Fsp3) is 0.478. The van der Waals surface area contributed by atoms with Crippen molar-refractivity contribution in [2.24, 2.45) is 0 Å². The third kappa shape index (κ3) is 3.70. The number of nitrogens with zero attached hydrogens (tertiary/aromatic N) is 1. The molecule has 2 aromatic carbocycles. The molecular weight excluding hydrogens is 354 g/mol. The van der Waals surface area contributed by atoms with Crippen LogP contribution in [0.3, 0.4) is 0 Å². The van der Waals surface area contributed by atoms with E-state index in [1.165, 1.54) is 21.6 Å². The number of benzene rings is 2. The summed E-state index contributed by atoms with van der Waals surface area (Å²) in [6.07, 6.45) is 4.31. The molecular formula is C23H29NO2S. The average molecular weight is 384 g/mol. The highest BCUT2D eigenvalue weighted by Crippen LogP contribution is 2.40. The van der Waals surface area contributed by atoms with E-state index in [9.17, 15) is 0 Å². The van der Waals surface area contributed by atoms with Gasteiger partial charge in [-0.25, -0.2) is 0 Å². The van der Waals surface area contributed by atoms with E-state index in [0.717, 1.165) is 37.4 Å². The highest BCUT2D eigenvalue weighted by molar-refractivity contribution is 7.98. The maximum Gasteiger partial charge on any atom is 0.246 e. The normalized spacial score (nSPS) is 18.0. The van der Waals surface area contributed by atoms with Crippen LogP contribution in [0, 0.1) is 0 Å². The van der Waals surface area contributed by atoms with Crippen LogP contribution in [0.4, 0.5) is 0 Å². The Bertz CT molecular complexity index is 859. The summed E-state index contributed by atoms with van der Waals surface area (Å²) in [6.45, 7) is 10.7. The quantitative estimate of drug-likeness (QED) is 0.623. The summed E-state index contributed by atoms with van der Waals surface area (Å²) in [5.41, 5.74) is 4.46. The van der Waals surface area contributed by atoms with Crippen LogP contribution < -0.4 is 9.47 Å². The van der Waals surface area contributed by atoms with E-state index in [0.29, 0.717) is 0 Å². The molecule has 4 rings (SSSR count). The summed E-state index contributed by atoms with van der Waals surface area (Å²) in [5.74, 6) is 1.16. The summed E-state index contributed by atoms with van der Waals surface area (Å²) in [4.78, 5) is 4.04. The Hall–Kier alpha value is -1.65. The molecule has 0 saturated carbocycles. The second-order valence-electron chi connectivity index (χ2n) is 8.65. The molecule has 0 atom stereocenters. The molecule has 2 aromatic rings. The molecule has 0 bridgehead atoms. The lowest BCUT2D eigenvalue weighted by molar-refractivity contribution is -0.0431. The molecule has 0 aliphatic carbocycles. The molecule has 0 radical (unpaired) electrons. The van der Waals surface area contributed by atoms with Crippen molar-refractivity contribution in [3.05, 3.63) is 53.1 Å². The largest absolute Gasteiger partial charge is 0.449 e. The maximum atomic E-state index is 5.90. The lowest BCUT2D eigenvalue weighted by Crippen LogP contribution is -2.40. The van der Waals surface area contributed by atoms with Crippen LogP contribution in [0.5, 0.6) is 11.5 Å². The van der Waals surface area contributed by atoms with E-state index in [4.69, 9.17) is 9.47 Å².